The Morgan fingerprint density at radius 3 is 2.42 bits per heavy atom. The van der Waals surface area contributed by atoms with Crippen molar-refractivity contribution in [2.45, 2.75) is 20.8 Å². The molecule has 0 atom stereocenters. The highest BCUT2D eigenvalue weighted by atomic mass is 16.5. The maximum absolute atomic E-state index is 5.27. The average molecular weight is 174 g/mol. The van der Waals surface area contributed by atoms with Gasteiger partial charge in [0.05, 0.1) is 13.2 Å². The van der Waals surface area contributed by atoms with Crippen LogP contribution in [0.15, 0.2) is 0 Å². The lowest BCUT2D eigenvalue weighted by Crippen LogP contribution is -2.30. The monoisotopic (exact) mass is 174 g/mol. The highest BCUT2D eigenvalue weighted by Gasteiger charge is 2.07. The van der Waals surface area contributed by atoms with Crippen molar-refractivity contribution in [1.82, 2.24) is 5.32 Å². The summed E-state index contributed by atoms with van der Waals surface area (Å²) in [6.07, 6.45) is 0. The zero-order valence-corrected chi connectivity index (χ0v) is 8.52. The van der Waals surface area contributed by atoms with Crippen LogP contribution in [0.2, 0.25) is 0 Å². The standard InChI is InChI=1S/C9H22N2O/c1-9(2,3)8-11-5-7-12-6-4-10/h11H,4-8,10H2,1-3H3. The molecule has 0 aromatic heterocycles. The second-order valence-electron chi connectivity index (χ2n) is 4.14. The lowest BCUT2D eigenvalue weighted by Gasteiger charge is -2.18. The lowest BCUT2D eigenvalue weighted by molar-refractivity contribution is 0.141. The summed E-state index contributed by atoms with van der Waals surface area (Å²) in [5.41, 5.74) is 5.62. The van der Waals surface area contributed by atoms with Crippen LogP contribution < -0.4 is 11.1 Å². The van der Waals surface area contributed by atoms with Crippen molar-refractivity contribution in [2.24, 2.45) is 11.1 Å². The third-order valence-corrected chi connectivity index (χ3v) is 1.34. The molecule has 0 aliphatic heterocycles. The quantitative estimate of drug-likeness (QED) is 0.580. The van der Waals surface area contributed by atoms with E-state index in [9.17, 15) is 0 Å². The van der Waals surface area contributed by atoms with E-state index in [2.05, 4.69) is 26.1 Å². The molecule has 0 bridgehead atoms. The fraction of sp³-hybridized carbons (Fsp3) is 1.00. The van der Waals surface area contributed by atoms with Crippen LogP contribution in [0.25, 0.3) is 0 Å². The van der Waals surface area contributed by atoms with Gasteiger partial charge in [-0.25, -0.2) is 0 Å². The van der Waals surface area contributed by atoms with E-state index in [4.69, 9.17) is 10.5 Å². The summed E-state index contributed by atoms with van der Waals surface area (Å²) in [4.78, 5) is 0. The zero-order chi connectivity index (χ0) is 9.45. The van der Waals surface area contributed by atoms with Crippen LogP contribution in [0.1, 0.15) is 20.8 Å². The Bertz CT molecular complexity index is 99.2. The molecule has 0 unspecified atom stereocenters. The van der Waals surface area contributed by atoms with Gasteiger partial charge in [-0.2, -0.15) is 0 Å². The summed E-state index contributed by atoms with van der Waals surface area (Å²) in [7, 11) is 0. The second kappa shape index (κ2) is 6.40. The van der Waals surface area contributed by atoms with E-state index in [-0.39, 0.29) is 0 Å². The Labute approximate surface area is 75.7 Å². The SMILES string of the molecule is CC(C)(C)CNCCOCCN. The smallest absolute Gasteiger partial charge is 0.0591 e. The first-order valence-electron chi connectivity index (χ1n) is 4.55. The number of nitrogens with one attached hydrogen (secondary N) is 1. The van der Waals surface area contributed by atoms with Crippen LogP contribution in [-0.4, -0.2) is 32.8 Å². The van der Waals surface area contributed by atoms with E-state index in [1.165, 1.54) is 0 Å². The second-order valence-corrected chi connectivity index (χ2v) is 4.14. The Morgan fingerprint density at radius 1 is 1.25 bits per heavy atom. The predicted octanol–water partition coefficient (Wildman–Crippen LogP) is 0.597. The molecule has 3 nitrogen and oxygen atoms in total. The molecule has 0 aromatic rings. The Hall–Kier alpha value is -0.120. The topological polar surface area (TPSA) is 47.3 Å². The van der Waals surface area contributed by atoms with Crippen molar-refractivity contribution < 1.29 is 4.74 Å². The third kappa shape index (κ3) is 9.88. The van der Waals surface area contributed by atoms with Gasteiger partial charge in [0, 0.05) is 19.6 Å². The molecule has 0 fully saturated rings. The molecule has 3 N–H and O–H groups in total. The first kappa shape index (κ1) is 11.9. The van der Waals surface area contributed by atoms with Gasteiger partial charge in [0.1, 0.15) is 0 Å². The van der Waals surface area contributed by atoms with E-state index in [0.717, 1.165) is 19.7 Å². The number of hydrogen-bond acceptors (Lipinski definition) is 3. The van der Waals surface area contributed by atoms with Crippen LogP contribution in [0, 0.1) is 5.41 Å². The number of ether oxygens (including phenoxy) is 1. The van der Waals surface area contributed by atoms with Gasteiger partial charge in [0.15, 0.2) is 0 Å². The molecular formula is C9H22N2O. The van der Waals surface area contributed by atoms with Crippen LogP contribution in [0.5, 0.6) is 0 Å². The van der Waals surface area contributed by atoms with E-state index < -0.39 is 0 Å². The van der Waals surface area contributed by atoms with Gasteiger partial charge in [-0.05, 0) is 5.41 Å². The molecule has 0 saturated carbocycles. The fourth-order valence-corrected chi connectivity index (χ4v) is 0.793. The van der Waals surface area contributed by atoms with Gasteiger partial charge in [-0.1, -0.05) is 20.8 Å². The van der Waals surface area contributed by atoms with Crippen LogP contribution in [0.4, 0.5) is 0 Å². The van der Waals surface area contributed by atoms with E-state index in [0.29, 0.717) is 18.6 Å². The van der Waals surface area contributed by atoms with Crippen molar-refractivity contribution in [3.8, 4) is 0 Å². The van der Waals surface area contributed by atoms with Gasteiger partial charge in [-0.15, -0.1) is 0 Å². The van der Waals surface area contributed by atoms with Crippen molar-refractivity contribution in [3.63, 3.8) is 0 Å². The van der Waals surface area contributed by atoms with Crippen molar-refractivity contribution in [2.75, 3.05) is 32.8 Å². The highest BCUT2D eigenvalue weighted by Crippen LogP contribution is 2.09. The zero-order valence-electron chi connectivity index (χ0n) is 8.52. The molecule has 0 aromatic carbocycles. The molecular weight excluding hydrogens is 152 g/mol. The van der Waals surface area contributed by atoms with Crippen molar-refractivity contribution in [1.29, 1.82) is 0 Å². The maximum atomic E-state index is 5.27. The van der Waals surface area contributed by atoms with Crippen molar-refractivity contribution >= 4 is 0 Å². The number of nitrogens with two attached hydrogens (primary N) is 1. The molecule has 0 aliphatic rings. The molecule has 0 aliphatic carbocycles. The third-order valence-electron chi connectivity index (χ3n) is 1.34. The Balaban J connectivity index is 3.01. The minimum Gasteiger partial charge on any atom is -0.379 e. The van der Waals surface area contributed by atoms with Crippen LogP contribution in [-0.2, 0) is 4.74 Å². The molecule has 0 radical (unpaired) electrons. The molecule has 3 heteroatoms. The first-order chi connectivity index (χ1) is 5.56. The van der Waals surface area contributed by atoms with Crippen LogP contribution >= 0.6 is 0 Å². The minimum absolute atomic E-state index is 0.355. The van der Waals surface area contributed by atoms with Crippen LogP contribution in [0.3, 0.4) is 0 Å². The van der Waals surface area contributed by atoms with E-state index in [1.807, 2.05) is 0 Å². The average Bonchev–Trinajstić information content (AvgIpc) is 1.94. The van der Waals surface area contributed by atoms with Gasteiger partial charge in [0.25, 0.3) is 0 Å². The van der Waals surface area contributed by atoms with E-state index in [1.54, 1.807) is 0 Å². The summed E-state index contributed by atoms with van der Waals surface area (Å²) in [5.74, 6) is 0. The predicted molar refractivity (Wildman–Crippen MR) is 52.2 cm³/mol. The number of hydrogen-bond donors (Lipinski definition) is 2. The molecule has 0 amide bonds. The van der Waals surface area contributed by atoms with E-state index >= 15 is 0 Å². The Morgan fingerprint density at radius 2 is 1.92 bits per heavy atom. The summed E-state index contributed by atoms with van der Waals surface area (Å²) in [6, 6.07) is 0. The maximum Gasteiger partial charge on any atom is 0.0591 e. The number of rotatable bonds is 6. The Kier molecular flexibility index (Phi) is 6.34. The highest BCUT2D eigenvalue weighted by molar-refractivity contribution is 4.64. The first-order valence-corrected chi connectivity index (χ1v) is 4.55. The molecule has 12 heavy (non-hydrogen) atoms. The summed E-state index contributed by atoms with van der Waals surface area (Å²) in [5, 5.41) is 3.32. The largest absolute Gasteiger partial charge is 0.379 e. The fourth-order valence-electron chi connectivity index (χ4n) is 0.793. The molecule has 74 valence electrons. The van der Waals surface area contributed by atoms with Gasteiger partial charge in [0.2, 0.25) is 0 Å². The van der Waals surface area contributed by atoms with Gasteiger partial charge < -0.3 is 15.8 Å². The summed E-state index contributed by atoms with van der Waals surface area (Å²) < 4.78 is 5.21. The molecule has 0 spiro atoms. The van der Waals surface area contributed by atoms with Gasteiger partial charge >= 0.3 is 0 Å². The van der Waals surface area contributed by atoms with Gasteiger partial charge in [-0.3, -0.25) is 0 Å². The summed E-state index contributed by atoms with van der Waals surface area (Å²) >= 11 is 0. The summed E-state index contributed by atoms with van der Waals surface area (Å²) in [6.45, 7) is 10.6. The van der Waals surface area contributed by atoms with Crippen molar-refractivity contribution in [3.05, 3.63) is 0 Å². The molecule has 0 rings (SSSR count). The normalized spacial score (nSPS) is 12.0. The minimum atomic E-state index is 0.355. The molecule has 0 saturated heterocycles. The molecule has 0 heterocycles. The lowest BCUT2D eigenvalue weighted by atomic mass is 9.97.